The van der Waals surface area contributed by atoms with Gasteiger partial charge in [-0.25, -0.2) is 4.39 Å². The smallest absolute Gasteiger partial charge is 0.270 e. The first-order chi connectivity index (χ1) is 19.2. The van der Waals surface area contributed by atoms with Gasteiger partial charge < -0.3 is 23.7 Å². The Balaban J connectivity index is 1.36. The Kier molecular flexibility index (Phi) is 6.60. The van der Waals surface area contributed by atoms with Crippen LogP contribution in [0.4, 0.5) is 15.9 Å². The van der Waals surface area contributed by atoms with E-state index in [1.54, 1.807) is 41.9 Å². The third-order valence-corrected chi connectivity index (χ3v) is 8.15. The Hall–Kier alpha value is -4.14. The number of aryl methyl sites for hydroxylation is 1. The lowest BCUT2D eigenvalue weighted by Crippen LogP contribution is -2.57. The highest BCUT2D eigenvalue weighted by atomic mass is 19.1. The molecular formula is C29H31FN8O2. The van der Waals surface area contributed by atoms with Crippen molar-refractivity contribution in [1.29, 1.82) is 0 Å². The molecule has 2 aliphatic heterocycles. The molecule has 0 spiro atoms. The summed E-state index contributed by atoms with van der Waals surface area (Å²) < 4.78 is 21.3. The van der Waals surface area contributed by atoms with Crippen molar-refractivity contribution in [3.63, 3.8) is 0 Å². The molecule has 3 aromatic heterocycles. The molecule has 0 aliphatic carbocycles. The van der Waals surface area contributed by atoms with E-state index in [9.17, 15) is 9.18 Å². The van der Waals surface area contributed by atoms with Crippen LogP contribution in [0.15, 0.2) is 51.8 Å². The maximum Gasteiger partial charge on any atom is 0.270 e. The second-order valence-electron chi connectivity index (χ2n) is 11.0. The van der Waals surface area contributed by atoms with Crippen LogP contribution in [0.1, 0.15) is 43.1 Å². The number of aromatic nitrogens is 4. The monoisotopic (exact) mass is 542 g/mol. The van der Waals surface area contributed by atoms with E-state index in [2.05, 4.69) is 50.6 Å². The van der Waals surface area contributed by atoms with Gasteiger partial charge in [-0.15, -0.1) is 4.98 Å². The first-order valence-electron chi connectivity index (χ1n) is 13.4. The van der Waals surface area contributed by atoms with E-state index in [1.807, 2.05) is 0 Å². The molecule has 5 heterocycles. The largest absolute Gasteiger partial charge is 0.362 e. The first kappa shape index (κ1) is 26.1. The highest BCUT2D eigenvalue weighted by Crippen LogP contribution is 2.36. The lowest BCUT2D eigenvalue weighted by atomic mass is 9.98. The summed E-state index contributed by atoms with van der Waals surface area (Å²) in [5, 5.41) is 4.31. The van der Waals surface area contributed by atoms with E-state index in [0.29, 0.717) is 35.8 Å². The van der Waals surface area contributed by atoms with Gasteiger partial charge in [-0.1, -0.05) is 23.9 Å². The summed E-state index contributed by atoms with van der Waals surface area (Å²) in [4.78, 5) is 32.5. The lowest BCUT2D eigenvalue weighted by Gasteiger charge is -2.47. The SMILES string of the molecule is [C-]#[N+]c1ccc2c(n1)c(N1C[C@@H](C)N(C(c3ccc(F)cc3)c3nc(C4CN(C)C4)no3)C[C@@H]1C)cc(=O)n2C. The number of hydrogen-bond acceptors (Lipinski definition) is 8. The molecule has 0 amide bonds. The standard InChI is InChI=1S/C29H31FN8O2/c1-17-14-38(18(2)13-37(17)23-12-25(39)36(5)22-10-11-24(31-3)32-26(22)23)27(19-6-8-21(30)9-7-19)29-33-28(34-40-29)20-15-35(4)16-20/h6-12,17-18,20,27H,13-16H2,1-2,4-5H3/t17-,18+,27?/m0/s1. The Bertz CT molecular complexity index is 1650. The molecular weight excluding hydrogens is 511 g/mol. The Labute approximate surface area is 231 Å². The Morgan fingerprint density at radius 3 is 2.48 bits per heavy atom. The van der Waals surface area contributed by atoms with Gasteiger partial charge in [0.25, 0.3) is 11.4 Å². The predicted molar refractivity (Wildman–Crippen MR) is 149 cm³/mol. The summed E-state index contributed by atoms with van der Waals surface area (Å²) in [6, 6.07) is 11.1. The summed E-state index contributed by atoms with van der Waals surface area (Å²) in [6.45, 7) is 14.6. The van der Waals surface area contributed by atoms with Gasteiger partial charge in [-0.2, -0.15) is 4.98 Å². The second kappa shape index (κ2) is 10.1. The topological polar surface area (TPSA) is 87.9 Å². The van der Waals surface area contributed by atoms with Crippen LogP contribution in [0.25, 0.3) is 15.9 Å². The van der Waals surface area contributed by atoms with Gasteiger partial charge in [-0.05, 0) is 50.7 Å². The molecule has 2 fully saturated rings. The minimum Gasteiger partial charge on any atom is -0.362 e. The number of anilines is 1. The van der Waals surface area contributed by atoms with E-state index in [4.69, 9.17) is 16.1 Å². The van der Waals surface area contributed by atoms with Crippen LogP contribution in [0, 0.1) is 12.4 Å². The lowest BCUT2D eigenvalue weighted by molar-refractivity contribution is 0.110. The van der Waals surface area contributed by atoms with Crippen LogP contribution >= 0.6 is 0 Å². The van der Waals surface area contributed by atoms with Crippen molar-refractivity contribution in [1.82, 2.24) is 29.5 Å². The fourth-order valence-corrected chi connectivity index (χ4v) is 5.94. The van der Waals surface area contributed by atoms with Crippen LogP contribution in [0.2, 0.25) is 0 Å². The molecule has 2 saturated heterocycles. The molecule has 1 aromatic carbocycles. The minimum absolute atomic E-state index is 0.000377. The normalized spacial score (nSPS) is 21.4. The molecule has 1 unspecified atom stereocenters. The third-order valence-electron chi connectivity index (χ3n) is 8.15. The van der Waals surface area contributed by atoms with Gasteiger partial charge in [0.1, 0.15) is 11.9 Å². The van der Waals surface area contributed by atoms with Crippen LogP contribution in [-0.2, 0) is 7.05 Å². The third kappa shape index (κ3) is 4.53. The van der Waals surface area contributed by atoms with E-state index in [-0.39, 0.29) is 41.2 Å². The average molecular weight is 543 g/mol. The Morgan fingerprint density at radius 2 is 1.77 bits per heavy atom. The summed E-state index contributed by atoms with van der Waals surface area (Å²) in [7, 11) is 3.77. The van der Waals surface area contributed by atoms with Crippen LogP contribution in [0.5, 0.6) is 0 Å². The minimum atomic E-state index is -0.355. The number of halogens is 1. The zero-order valence-electron chi connectivity index (χ0n) is 23.0. The zero-order chi connectivity index (χ0) is 28.1. The van der Waals surface area contributed by atoms with Gasteiger partial charge in [0, 0.05) is 57.3 Å². The maximum atomic E-state index is 13.9. The number of piperazine rings is 1. The highest BCUT2D eigenvalue weighted by Gasteiger charge is 2.39. The number of nitrogens with zero attached hydrogens (tertiary/aromatic N) is 8. The van der Waals surface area contributed by atoms with Gasteiger partial charge >= 0.3 is 0 Å². The number of likely N-dealkylation sites (tertiary alicyclic amines) is 1. The molecule has 0 bridgehead atoms. The van der Waals surface area contributed by atoms with Crippen molar-refractivity contribution in [2.75, 3.05) is 38.1 Å². The van der Waals surface area contributed by atoms with E-state index in [0.717, 1.165) is 24.3 Å². The molecule has 6 rings (SSSR count). The summed E-state index contributed by atoms with van der Waals surface area (Å²) in [6.07, 6.45) is 0. The van der Waals surface area contributed by atoms with Crippen molar-refractivity contribution in [2.45, 2.75) is 37.9 Å². The molecule has 4 aromatic rings. The molecule has 206 valence electrons. The van der Waals surface area contributed by atoms with Crippen molar-refractivity contribution in [3.05, 3.63) is 87.3 Å². The zero-order valence-corrected chi connectivity index (χ0v) is 23.0. The number of fused-ring (bicyclic) bond motifs is 1. The number of pyridine rings is 2. The molecule has 10 nitrogen and oxygen atoms in total. The molecule has 40 heavy (non-hydrogen) atoms. The van der Waals surface area contributed by atoms with Gasteiger partial charge in [-0.3, -0.25) is 9.69 Å². The van der Waals surface area contributed by atoms with Crippen LogP contribution in [0.3, 0.4) is 0 Å². The van der Waals surface area contributed by atoms with Crippen LogP contribution < -0.4 is 10.5 Å². The number of likely N-dealkylation sites (N-methyl/N-ethyl adjacent to an activating group) is 1. The predicted octanol–water partition coefficient (Wildman–Crippen LogP) is 3.72. The van der Waals surface area contributed by atoms with Crippen molar-refractivity contribution < 1.29 is 8.91 Å². The summed E-state index contributed by atoms with van der Waals surface area (Å²) >= 11 is 0. The first-order valence-corrected chi connectivity index (χ1v) is 13.4. The van der Waals surface area contributed by atoms with Crippen molar-refractivity contribution in [2.24, 2.45) is 7.05 Å². The molecule has 0 saturated carbocycles. The summed E-state index contributed by atoms with van der Waals surface area (Å²) in [5.74, 6) is 1.42. The van der Waals surface area contributed by atoms with E-state index >= 15 is 0 Å². The van der Waals surface area contributed by atoms with Gasteiger partial charge in [0.2, 0.25) is 11.4 Å². The quantitative estimate of drug-likeness (QED) is 0.353. The fourth-order valence-electron chi connectivity index (χ4n) is 5.94. The molecule has 11 heteroatoms. The maximum absolute atomic E-state index is 13.9. The number of hydrogen-bond donors (Lipinski definition) is 0. The molecule has 2 aliphatic rings. The second-order valence-corrected chi connectivity index (χ2v) is 11.0. The van der Waals surface area contributed by atoms with Crippen LogP contribution in [-0.4, -0.2) is 74.8 Å². The highest BCUT2D eigenvalue weighted by molar-refractivity contribution is 5.89. The van der Waals surface area contributed by atoms with Crippen molar-refractivity contribution >= 4 is 22.5 Å². The number of rotatable bonds is 5. The van der Waals surface area contributed by atoms with E-state index in [1.165, 1.54) is 12.1 Å². The fraction of sp³-hybridized carbons (Fsp3) is 0.414. The van der Waals surface area contributed by atoms with Gasteiger partial charge in [0.05, 0.1) is 11.2 Å². The van der Waals surface area contributed by atoms with Gasteiger partial charge in [0.15, 0.2) is 5.82 Å². The molecule has 3 atom stereocenters. The number of benzene rings is 1. The average Bonchev–Trinajstić information content (AvgIpc) is 3.40. The Morgan fingerprint density at radius 1 is 1.02 bits per heavy atom. The molecule has 0 radical (unpaired) electrons. The van der Waals surface area contributed by atoms with E-state index < -0.39 is 0 Å². The molecule has 0 N–H and O–H groups in total. The van der Waals surface area contributed by atoms with Crippen molar-refractivity contribution in [3.8, 4) is 0 Å². The summed E-state index contributed by atoms with van der Waals surface area (Å²) in [5.41, 5.74) is 2.77.